The number of rotatable bonds is 5. The summed E-state index contributed by atoms with van der Waals surface area (Å²) in [7, 11) is 0. The second kappa shape index (κ2) is 6.46. The molecule has 0 radical (unpaired) electrons. The number of nitrogens with zero attached hydrogens (tertiary/aromatic N) is 1. The Hall–Kier alpha value is -1.97. The number of aryl methyl sites for hydroxylation is 2. The summed E-state index contributed by atoms with van der Waals surface area (Å²) in [6, 6.07) is 8.91. The fourth-order valence-corrected chi connectivity index (χ4v) is 2.12. The first-order chi connectivity index (χ1) is 9.60. The molecule has 2 nitrogen and oxygen atoms in total. The molecule has 4 heteroatoms. The summed E-state index contributed by atoms with van der Waals surface area (Å²) in [4.78, 5) is 4.43. The van der Waals surface area contributed by atoms with Crippen molar-refractivity contribution in [3.05, 3.63) is 47.7 Å². The molecule has 0 aliphatic rings. The van der Waals surface area contributed by atoms with E-state index in [9.17, 15) is 8.78 Å². The zero-order valence-corrected chi connectivity index (χ0v) is 11.6. The van der Waals surface area contributed by atoms with E-state index >= 15 is 0 Å². The molecule has 0 spiro atoms. The number of halogens is 2. The van der Waals surface area contributed by atoms with Crippen LogP contribution in [0.25, 0.3) is 11.3 Å². The van der Waals surface area contributed by atoms with Gasteiger partial charge in [-0.2, -0.15) is 8.78 Å². The van der Waals surface area contributed by atoms with Crippen molar-refractivity contribution in [3.8, 4) is 17.0 Å². The van der Waals surface area contributed by atoms with Crippen LogP contribution in [0.5, 0.6) is 5.75 Å². The van der Waals surface area contributed by atoms with Gasteiger partial charge in [-0.1, -0.05) is 19.4 Å². The highest BCUT2D eigenvalue weighted by atomic mass is 19.3. The van der Waals surface area contributed by atoms with Gasteiger partial charge in [0.15, 0.2) is 0 Å². The Balaban J connectivity index is 2.24. The van der Waals surface area contributed by atoms with Gasteiger partial charge in [0.1, 0.15) is 5.75 Å². The molecule has 1 aromatic heterocycles. The van der Waals surface area contributed by atoms with Crippen molar-refractivity contribution in [2.45, 2.75) is 33.3 Å². The summed E-state index contributed by atoms with van der Waals surface area (Å²) in [6.45, 7) is 1.18. The van der Waals surface area contributed by atoms with E-state index in [2.05, 4.69) is 22.7 Å². The number of alkyl halides is 2. The van der Waals surface area contributed by atoms with Crippen LogP contribution in [0, 0.1) is 6.92 Å². The summed E-state index contributed by atoms with van der Waals surface area (Å²) in [5.74, 6) is 0.170. The lowest BCUT2D eigenvalue weighted by molar-refractivity contribution is -0.0498. The molecule has 0 aliphatic carbocycles. The van der Waals surface area contributed by atoms with Gasteiger partial charge in [-0.05, 0) is 48.7 Å². The Morgan fingerprint density at radius 1 is 1.20 bits per heavy atom. The monoisotopic (exact) mass is 277 g/mol. The van der Waals surface area contributed by atoms with Gasteiger partial charge in [0.2, 0.25) is 0 Å². The molecule has 0 aliphatic heterocycles. The predicted molar refractivity (Wildman–Crippen MR) is 75.0 cm³/mol. The average Bonchev–Trinajstić information content (AvgIpc) is 2.40. The molecular formula is C16H17F2NO. The van der Waals surface area contributed by atoms with Crippen LogP contribution in [0.1, 0.15) is 24.5 Å². The molecule has 20 heavy (non-hydrogen) atoms. The molecule has 2 aromatic rings. The molecule has 0 bridgehead atoms. The van der Waals surface area contributed by atoms with Crippen LogP contribution in [0.15, 0.2) is 36.5 Å². The first kappa shape index (κ1) is 14.4. The lowest BCUT2D eigenvalue weighted by Crippen LogP contribution is -2.02. The van der Waals surface area contributed by atoms with Crippen molar-refractivity contribution < 1.29 is 13.5 Å². The minimum Gasteiger partial charge on any atom is -0.435 e. The Labute approximate surface area is 117 Å². The number of pyridine rings is 1. The number of ether oxygens (including phenoxy) is 1. The Morgan fingerprint density at radius 2 is 2.00 bits per heavy atom. The highest BCUT2D eigenvalue weighted by molar-refractivity contribution is 5.64. The average molecular weight is 277 g/mol. The zero-order valence-electron chi connectivity index (χ0n) is 11.6. The molecular weight excluding hydrogens is 260 g/mol. The maximum atomic E-state index is 12.2. The standard InChI is InChI=1S/C16H17F2NO/c1-3-4-12-5-8-15(19-10-12)14-7-6-13(9-11(14)2)20-16(17)18/h5-10,16H,3-4H2,1-2H3. The van der Waals surface area contributed by atoms with E-state index in [1.165, 1.54) is 11.6 Å². The van der Waals surface area contributed by atoms with E-state index in [0.29, 0.717) is 0 Å². The number of benzene rings is 1. The van der Waals surface area contributed by atoms with Gasteiger partial charge in [-0.15, -0.1) is 0 Å². The first-order valence-electron chi connectivity index (χ1n) is 6.61. The normalized spacial score (nSPS) is 10.8. The summed E-state index contributed by atoms with van der Waals surface area (Å²) in [5, 5.41) is 0. The Morgan fingerprint density at radius 3 is 2.55 bits per heavy atom. The van der Waals surface area contributed by atoms with Gasteiger partial charge >= 0.3 is 6.61 Å². The molecule has 0 N–H and O–H groups in total. The second-order valence-electron chi connectivity index (χ2n) is 4.66. The van der Waals surface area contributed by atoms with Crippen LogP contribution < -0.4 is 4.74 Å². The lowest BCUT2D eigenvalue weighted by atomic mass is 10.0. The molecule has 0 atom stereocenters. The minimum atomic E-state index is -2.80. The molecule has 106 valence electrons. The van der Waals surface area contributed by atoms with Crippen molar-refractivity contribution in [3.63, 3.8) is 0 Å². The van der Waals surface area contributed by atoms with Crippen LogP contribution in [0.3, 0.4) is 0 Å². The van der Waals surface area contributed by atoms with Crippen LogP contribution in [-0.4, -0.2) is 11.6 Å². The predicted octanol–water partition coefficient (Wildman–Crippen LogP) is 4.61. The van der Waals surface area contributed by atoms with Gasteiger partial charge in [0, 0.05) is 11.8 Å². The van der Waals surface area contributed by atoms with Crippen LogP contribution >= 0.6 is 0 Å². The Bertz CT molecular complexity index is 567. The number of aromatic nitrogens is 1. The van der Waals surface area contributed by atoms with Gasteiger partial charge in [0.25, 0.3) is 0 Å². The quantitative estimate of drug-likeness (QED) is 0.796. The van der Waals surface area contributed by atoms with Gasteiger partial charge in [-0.3, -0.25) is 4.98 Å². The Kier molecular flexibility index (Phi) is 4.66. The maximum absolute atomic E-state index is 12.2. The third kappa shape index (κ3) is 3.53. The van der Waals surface area contributed by atoms with Crippen molar-refractivity contribution in [2.75, 3.05) is 0 Å². The fraction of sp³-hybridized carbons (Fsp3) is 0.312. The molecule has 0 amide bonds. The zero-order chi connectivity index (χ0) is 14.5. The van der Waals surface area contributed by atoms with Crippen molar-refractivity contribution in [2.24, 2.45) is 0 Å². The SMILES string of the molecule is CCCc1ccc(-c2ccc(OC(F)F)cc2C)nc1. The van der Waals surface area contributed by atoms with Gasteiger partial charge in [0.05, 0.1) is 5.69 Å². The number of hydrogen-bond acceptors (Lipinski definition) is 2. The topological polar surface area (TPSA) is 22.1 Å². The molecule has 0 fully saturated rings. The van der Waals surface area contributed by atoms with Gasteiger partial charge < -0.3 is 4.74 Å². The number of hydrogen-bond donors (Lipinski definition) is 0. The molecule has 0 unspecified atom stereocenters. The largest absolute Gasteiger partial charge is 0.435 e. The van der Waals surface area contributed by atoms with Crippen molar-refractivity contribution in [1.29, 1.82) is 0 Å². The molecule has 0 saturated heterocycles. The van der Waals surface area contributed by atoms with Crippen LogP contribution in [0.4, 0.5) is 8.78 Å². The van der Waals surface area contributed by atoms with E-state index in [-0.39, 0.29) is 5.75 Å². The third-order valence-electron chi connectivity index (χ3n) is 3.06. The van der Waals surface area contributed by atoms with E-state index < -0.39 is 6.61 Å². The minimum absolute atomic E-state index is 0.170. The van der Waals surface area contributed by atoms with E-state index in [0.717, 1.165) is 29.7 Å². The maximum Gasteiger partial charge on any atom is 0.387 e. The van der Waals surface area contributed by atoms with E-state index in [1.807, 2.05) is 19.2 Å². The van der Waals surface area contributed by atoms with Crippen molar-refractivity contribution >= 4 is 0 Å². The summed E-state index contributed by atoms with van der Waals surface area (Å²) in [6.07, 6.45) is 3.95. The summed E-state index contributed by atoms with van der Waals surface area (Å²) >= 11 is 0. The van der Waals surface area contributed by atoms with Gasteiger partial charge in [-0.25, -0.2) is 0 Å². The molecule has 0 saturated carbocycles. The van der Waals surface area contributed by atoms with Crippen LogP contribution in [-0.2, 0) is 6.42 Å². The van der Waals surface area contributed by atoms with E-state index in [4.69, 9.17) is 0 Å². The highest BCUT2D eigenvalue weighted by Gasteiger charge is 2.08. The van der Waals surface area contributed by atoms with Crippen molar-refractivity contribution in [1.82, 2.24) is 4.98 Å². The van der Waals surface area contributed by atoms with E-state index in [1.54, 1.807) is 12.1 Å². The molecule has 1 heterocycles. The first-order valence-corrected chi connectivity index (χ1v) is 6.61. The summed E-state index contributed by atoms with van der Waals surface area (Å²) in [5.41, 5.74) is 3.83. The van der Waals surface area contributed by atoms with Crippen LogP contribution in [0.2, 0.25) is 0 Å². The fourth-order valence-electron chi connectivity index (χ4n) is 2.12. The molecule has 1 aromatic carbocycles. The third-order valence-corrected chi connectivity index (χ3v) is 3.06. The smallest absolute Gasteiger partial charge is 0.387 e. The highest BCUT2D eigenvalue weighted by Crippen LogP contribution is 2.26. The second-order valence-corrected chi connectivity index (χ2v) is 4.66. The molecule has 2 rings (SSSR count). The lowest BCUT2D eigenvalue weighted by Gasteiger charge is -2.09. The summed E-state index contributed by atoms with van der Waals surface area (Å²) < 4.78 is 28.7.